The van der Waals surface area contributed by atoms with E-state index in [1.807, 2.05) is 13.0 Å². The van der Waals surface area contributed by atoms with Crippen LogP contribution in [0.25, 0.3) is 11.5 Å². The van der Waals surface area contributed by atoms with Gasteiger partial charge in [-0.15, -0.1) is 21.5 Å². The molecule has 3 aromatic rings. The van der Waals surface area contributed by atoms with Crippen LogP contribution < -0.4 is 4.72 Å². The fourth-order valence-corrected chi connectivity index (χ4v) is 4.11. The van der Waals surface area contributed by atoms with Gasteiger partial charge in [0.05, 0.1) is 17.2 Å². The number of nitrogens with zero attached hydrogens (tertiary/aromatic N) is 3. The van der Waals surface area contributed by atoms with Crippen LogP contribution in [0.4, 0.5) is 5.69 Å². The van der Waals surface area contributed by atoms with Gasteiger partial charge in [-0.1, -0.05) is 6.92 Å². The lowest BCUT2D eigenvalue weighted by Crippen LogP contribution is -2.11. The number of rotatable bonds is 5. The Morgan fingerprint density at radius 2 is 2.04 bits per heavy atom. The maximum atomic E-state index is 12.4. The average Bonchev–Trinajstić information content (AvgIpc) is 3.24. The molecule has 0 fully saturated rings. The third-order valence-corrected chi connectivity index (χ3v) is 5.94. The smallest absolute Gasteiger partial charge is 0.271 e. The molecule has 9 heteroatoms. The lowest BCUT2D eigenvalue weighted by atomic mass is 10.2. The van der Waals surface area contributed by atoms with E-state index >= 15 is 0 Å². The first kappa shape index (κ1) is 16.2. The van der Waals surface area contributed by atoms with Crippen molar-refractivity contribution in [3.63, 3.8) is 0 Å². The lowest BCUT2D eigenvalue weighted by Gasteiger charge is -2.05. The molecule has 24 heavy (non-hydrogen) atoms. The van der Waals surface area contributed by atoms with Crippen molar-refractivity contribution in [1.82, 2.24) is 10.2 Å². The molecule has 7 nitrogen and oxygen atoms in total. The highest BCUT2D eigenvalue weighted by atomic mass is 32.2. The van der Waals surface area contributed by atoms with E-state index in [1.54, 1.807) is 17.5 Å². The summed E-state index contributed by atoms with van der Waals surface area (Å²) >= 11 is 1.06. The van der Waals surface area contributed by atoms with E-state index in [0.29, 0.717) is 35.0 Å². The molecule has 0 unspecified atom stereocenters. The quantitative estimate of drug-likeness (QED) is 0.749. The second kappa shape index (κ2) is 6.43. The molecule has 0 aliphatic rings. The van der Waals surface area contributed by atoms with Crippen molar-refractivity contribution >= 4 is 27.0 Å². The molecule has 0 bridgehead atoms. The first-order chi connectivity index (χ1) is 11.5. The summed E-state index contributed by atoms with van der Waals surface area (Å²) in [4.78, 5) is 0. The van der Waals surface area contributed by atoms with Gasteiger partial charge in [-0.25, -0.2) is 8.42 Å². The van der Waals surface area contributed by atoms with E-state index in [0.717, 1.165) is 11.3 Å². The number of hydrogen-bond donors (Lipinski definition) is 1. The maximum Gasteiger partial charge on any atom is 0.271 e. The van der Waals surface area contributed by atoms with Crippen molar-refractivity contribution < 1.29 is 12.8 Å². The van der Waals surface area contributed by atoms with E-state index in [9.17, 15) is 8.42 Å². The molecule has 0 saturated carbocycles. The summed E-state index contributed by atoms with van der Waals surface area (Å²) in [5, 5.41) is 18.2. The molecule has 0 atom stereocenters. The number of nitriles is 1. The number of benzene rings is 1. The Hall–Kier alpha value is -2.70. The van der Waals surface area contributed by atoms with Crippen LogP contribution in [-0.4, -0.2) is 18.6 Å². The van der Waals surface area contributed by atoms with Gasteiger partial charge < -0.3 is 4.42 Å². The van der Waals surface area contributed by atoms with E-state index in [4.69, 9.17) is 9.68 Å². The number of sulfonamides is 1. The molecule has 2 heterocycles. The highest BCUT2D eigenvalue weighted by molar-refractivity contribution is 7.94. The number of nitrogens with one attached hydrogen (secondary N) is 1. The average molecular weight is 360 g/mol. The summed E-state index contributed by atoms with van der Waals surface area (Å²) < 4.78 is 32.9. The van der Waals surface area contributed by atoms with Crippen molar-refractivity contribution in [2.45, 2.75) is 17.6 Å². The molecule has 0 spiro atoms. The minimum absolute atomic E-state index is 0.137. The van der Waals surface area contributed by atoms with Crippen molar-refractivity contribution in [3.8, 4) is 17.5 Å². The SMILES string of the molecule is CCc1nnc(-c2csc(S(=O)(=O)Nc3ccc(C#N)cc3)c2)o1. The van der Waals surface area contributed by atoms with Crippen LogP contribution in [-0.2, 0) is 16.4 Å². The molecular weight excluding hydrogens is 348 g/mol. The highest BCUT2D eigenvalue weighted by Gasteiger charge is 2.19. The van der Waals surface area contributed by atoms with Crippen molar-refractivity contribution in [2.75, 3.05) is 4.72 Å². The van der Waals surface area contributed by atoms with Crippen LogP contribution in [0.5, 0.6) is 0 Å². The molecule has 3 rings (SSSR count). The monoisotopic (exact) mass is 360 g/mol. The van der Waals surface area contributed by atoms with Gasteiger partial charge in [0.15, 0.2) is 0 Å². The van der Waals surface area contributed by atoms with Crippen molar-refractivity contribution in [2.24, 2.45) is 0 Å². The molecule has 0 aliphatic heterocycles. The molecule has 1 aromatic carbocycles. The Morgan fingerprint density at radius 3 is 2.67 bits per heavy atom. The predicted molar refractivity (Wildman–Crippen MR) is 89.0 cm³/mol. The van der Waals surface area contributed by atoms with Gasteiger partial charge in [0.2, 0.25) is 11.8 Å². The molecule has 0 amide bonds. The Balaban J connectivity index is 1.83. The van der Waals surface area contributed by atoms with Gasteiger partial charge >= 0.3 is 0 Å². The van der Waals surface area contributed by atoms with Gasteiger partial charge in [0.1, 0.15) is 4.21 Å². The van der Waals surface area contributed by atoms with Crippen LogP contribution in [0.3, 0.4) is 0 Å². The van der Waals surface area contributed by atoms with E-state index in [1.165, 1.54) is 18.2 Å². The van der Waals surface area contributed by atoms with Crippen LogP contribution in [0.15, 0.2) is 44.3 Å². The van der Waals surface area contributed by atoms with Crippen LogP contribution >= 0.6 is 11.3 Å². The fourth-order valence-electron chi connectivity index (χ4n) is 1.90. The Bertz CT molecular complexity index is 998. The third-order valence-electron chi connectivity index (χ3n) is 3.12. The molecule has 1 N–H and O–H groups in total. The Labute approximate surface area is 142 Å². The summed E-state index contributed by atoms with van der Waals surface area (Å²) in [6.45, 7) is 1.89. The predicted octanol–water partition coefficient (Wildman–Crippen LogP) is 3.03. The standard InChI is InChI=1S/C15H12N4O3S2/c1-2-13-17-18-15(22-13)11-7-14(23-9-11)24(20,21)19-12-5-3-10(8-16)4-6-12/h3-7,9,19H,2H2,1H3. The largest absolute Gasteiger partial charge is 0.421 e. The second-order valence-corrected chi connectivity index (χ2v) is 7.62. The lowest BCUT2D eigenvalue weighted by molar-refractivity contribution is 0.513. The second-order valence-electron chi connectivity index (χ2n) is 4.80. The highest BCUT2D eigenvalue weighted by Crippen LogP contribution is 2.29. The zero-order chi connectivity index (χ0) is 17.2. The molecule has 0 aliphatic carbocycles. The zero-order valence-corrected chi connectivity index (χ0v) is 14.2. The van der Waals surface area contributed by atoms with Gasteiger partial charge in [-0.3, -0.25) is 4.72 Å². The summed E-state index contributed by atoms with van der Waals surface area (Å²) in [6, 6.07) is 9.63. The summed E-state index contributed by atoms with van der Waals surface area (Å²) in [6.07, 6.45) is 0.614. The Morgan fingerprint density at radius 1 is 1.29 bits per heavy atom. The molecular formula is C15H12N4O3S2. The van der Waals surface area contributed by atoms with Crippen LogP contribution in [0.1, 0.15) is 18.4 Å². The van der Waals surface area contributed by atoms with E-state index in [-0.39, 0.29) is 4.21 Å². The third kappa shape index (κ3) is 3.29. The minimum Gasteiger partial charge on any atom is -0.421 e. The normalized spacial score (nSPS) is 11.2. The van der Waals surface area contributed by atoms with E-state index < -0.39 is 10.0 Å². The summed E-state index contributed by atoms with van der Waals surface area (Å²) in [5.74, 6) is 0.791. The topological polar surface area (TPSA) is 109 Å². The number of aromatic nitrogens is 2. The van der Waals surface area contributed by atoms with Gasteiger partial charge in [0.25, 0.3) is 10.0 Å². The van der Waals surface area contributed by atoms with Gasteiger partial charge in [-0.05, 0) is 30.3 Å². The number of aryl methyl sites for hydroxylation is 1. The zero-order valence-electron chi connectivity index (χ0n) is 12.6. The number of thiophene rings is 1. The molecule has 0 radical (unpaired) electrons. The Kier molecular flexibility index (Phi) is 4.33. The first-order valence-electron chi connectivity index (χ1n) is 6.96. The molecule has 122 valence electrons. The summed E-state index contributed by atoms with van der Waals surface area (Å²) in [5.41, 5.74) is 1.40. The van der Waals surface area contributed by atoms with Crippen molar-refractivity contribution in [1.29, 1.82) is 5.26 Å². The van der Waals surface area contributed by atoms with Crippen molar-refractivity contribution in [3.05, 3.63) is 47.2 Å². The maximum absolute atomic E-state index is 12.4. The fraction of sp³-hybridized carbons (Fsp3) is 0.133. The first-order valence-corrected chi connectivity index (χ1v) is 9.32. The van der Waals surface area contributed by atoms with Gasteiger partial charge in [0, 0.05) is 17.5 Å². The minimum atomic E-state index is -3.72. The molecule has 0 saturated heterocycles. The summed E-state index contributed by atoms with van der Waals surface area (Å²) in [7, 11) is -3.72. The number of anilines is 1. The molecule has 2 aromatic heterocycles. The van der Waals surface area contributed by atoms with Crippen LogP contribution in [0.2, 0.25) is 0 Å². The van der Waals surface area contributed by atoms with Crippen LogP contribution in [0, 0.1) is 11.3 Å². The van der Waals surface area contributed by atoms with E-state index in [2.05, 4.69) is 14.9 Å². The van der Waals surface area contributed by atoms with Gasteiger partial charge in [-0.2, -0.15) is 5.26 Å². The number of hydrogen-bond acceptors (Lipinski definition) is 7.